The van der Waals surface area contributed by atoms with Crippen molar-refractivity contribution >= 4 is 23.8 Å². The molecule has 0 fully saturated rings. The highest BCUT2D eigenvalue weighted by atomic mass is 16.5. The number of aryl methyl sites for hydroxylation is 1. The first-order chi connectivity index (χ1) is 17.5. The van der Waals surface area contributed by atoms with Crippen molar-refractivity contribution in [3.63, 3.8) is 0 Å². The molecule has 4 aromatic rings. The number of H-pyrrole nitrogens is 1. The molecule has 1 amide bonds. The van der Waals surface area contributed by atoms with Gasteiger partial charge in [0.05, 0.1) is 11.9 Å². The molecule has 0 saturated carbocycles. The first-order valence-electron chi connectivity index (χ1n) is 11.0. The van der Waals surface area contributed by atoms with Crippen LogP contribution < -0.4 is 21.0 Å². The Morgan fingerprint density at radius 3 is 2.56 bits per heavy atom. The molecule has 0 saturated heterocycles. The van der Waals surface area contributed by atoms with E-state index in [1.165, 1.54) is 6.21 Å². The normalized spacial score (nSPS) is 10.6. The number of benzene rings is 3. The number of nitrogens with zero attached hydrogens (tertiary/aromatic N) is 3. The Morgan fingerprint density at radius 1 is 1.08 bits per heavy atom. The maximum atomic E-state index is 12.4. The van der Waals surface area contributed by atoms with Gasteiger partial charge in [0.15, 0.2) is 6.61 Å². The summed E-state index contributed by atoms with van der Waals surface area (Å²) >= 11 is 0. The molecule has 0 unspecified atom stereocenters. The number of hydrazone groups is 1. The van der Waals surface area contributed by atoms with E-state index >= 15 is 0 Å². The van der Waals surface area contributed by atoms with Crippen molar-refractivity contribution in [1.29, 1.82) is 5.26 Å². The third-order valence-electron chi connectivity index (χ3n) is 5.07. The molecule has 0 aliphatic rings. The van der Waals surface area contributed by atoms with E-state index in [2.05, 4.69) is 25.8 Å². The van der Waals surface area contributed by atoms with Crippen LogP contribution in [0.15, 0.2) is 88.8 Å². The van der Waals surface area contributed by atoms with E-state index < -0.39 is 5.56 Å². The van der Waals surface area contributed by atoms with Crippen molar-refractivity contribution in [3.05, 3.63) is 106 Å². The van der Waals surface area contributed by atoms with Gasteiger partial charge < -0.3 is 10.1 Å². The molecule has 1 heterocycles. The predicted molar refractivity (Wildman–Crippen MR) is 138 cm³/mol. The second-order valence-electron chi connectivity index (χ2n) is 7.73. The van der Waals surface area contributed by atoms with Crippen LogP contribution in [-0.4, -0.2) is 28.7 Å². The number of hydrogen-bond donors (Lipinski definition) is 3. The number of anilines is 2. The van der Waals surface area contributed by atoms with Crippen LogP contribution in [0.5, 0.6) is 5.75 Å². The fraction of sp³-hybridized carbons (Fsp3) is 0.0741. The van der Waals surface area contributed by atoms with Crippen molar-refractivity contribution in [2.24, 2.45) is 5.10 Å². The summed E-state index contributed by atoms with van der Waals surface area (Å²) in [5.74, 6) is 0.231. The largest absolute Gasteiger partial charge is 0.483 e. The third kappa shape index (κ3) is 6.01. The van der Waals surface area contributed by atoms with Crippen LogP contribution in [0.4, 0.5) is 11.6 Å². The molecule has 4 rings (SSSR count). The highest BCUT2D eigenvalue weighted by Gasteiger charge is 2.13. The van der Waals surface area contributed by atoms with E-state index in [0.29, 0.717) is 22.6 Å². The van der Waals surface area contributed by atoms with Crippen molar-refractivity contribution in [3.8, 4) is 23.1 Å². The number of nitriles is 1. The molecule has 0 spiro atoms. The molecule has 0 aliphatic carbocycles. The summed E-state index contributed by atoms with van der Waals surface area (Å²) in [6.45, 7) is 1.79. The lowest BCUT2D eigenvalue weighted by Crippen LogP contribution is -2.20. The van der Waals surface area contributed by atoms with Gasteiger partial charge in [-0.1, -0.05) is 60.2 Å². The van der Waals surface area contributed by atoms with E-state index in [1.807, 2.05) is 43.3 Å². The van der Waals surface area contributed by atoms with Gasteiger partial charge in [0.25, 0.3) is 11.5 Å². The molecule has 0 aliphatic heterocycles. The lowest BCUT2D eigenvalue weighted by Gasteiger charge is -2.10. The van der Waals surface area contributed by atoms with Crippen LogP contribution in [0.2, 0.25) is 0 Å². The second-order valence-corrected chi connectivity index (χ2v) is 7.73. The number of aromatic amines is 1. The highest BCUT2D eigenvalue weighted by molar-refractivity contribution is 5.92. The molecular weight excluding hydrogens is 456 g/mol. The molecule has 3 N–H and O–H groups in total. The fourth-order valence-corrected chi connectivity index (χ4v) is 3.29. The monoisotopic (exact) mass is 478 g/mol. The molecule has 0 bridgehead atoms. The molecule has 9 heteroatoms. The number of carbonyl (C=O) groups excluding carboxylic acids is 1. The fourth-order valence-electron chi connectivity index (χ4n) is 3.29. The number of carbonyl (C=O) groups is 1. The van der Waals surface area contributed by atoms with E-state index in [-0.39, 0.29) is 29.7 Å². The average Bonchev–Trinajstić information content (AvgIpc) is 2.89. The minimum atomic E-state index is -0.577. The molecule has 0 radical (unpaired) electrons. The van der Waals surface area contributed by atoms with Gasteiger partial charge in [0.1, 0.15) is 17.4 Å². The van der Waals surface area contributed by atoms with Gasteiger partial charge in [0, 0.05) is 16.8 Å². The molecule has 3 aromatic carbocycles. The lowest BCUT2D eigenvalue weighted by atomic mass is 10.1. The first kappa shape index (κ1) is 23.9. The van der Waals surface area contributed by atoms with Crippen LogP contribution in [0, 0.1) is 18.3 Å². The minimum absolute atomic E-state index is 0.0741. The van der Waals surface area contributed by atoms with Crippen LogP contribution in [0.3, 0.4) is 0 Å². The van der Waals surface area contributed by atoms with Gasteiger partial charge in [-0.05, 0) is 31.2 Å². The SMILES string of the molecule is Cc1ccc(NC(=O)COc2ccccc2C=NNc2nc(-c3ccccc3)c(C#N)c(=O)[nH]2)cc1. The molecule has 0 atom stereocenters. The van der Waals surface area contributed by atoms with Crippen LogP contribution in [0.1, 0.15) is 16.7 Å². The summed E-state index contributed by atoms with van der Waals surface area (Å²) in [7, 11) is 0. The zero-order valence-electron chi connectivity index (χ0n) is 19.4. The Bertz CT molecular complexity index is 1490. The zero-order chi connectivity index (χ0) is 25.3. The third-order valence-corrected chi connectivity index (χ3v) is 5.07. The zero-order valence-corrected chi connectivity index (χ0v) is 19.4. The van der Waals surface area contributed by atoms with E-state index in [1.54, 1.807) is 48.5 Å². The smallest absolute Gasteiger partial charge is 0.270 e. The maximum absolute atomic E-state index is 12.4. The molecule has 1 aromatic heterocycles. The number of nitrogens with one attached hydrogen (secondary N) is 3. The van der Waals surface area contributed by atoms with Gasteiger partial charge in [-0.25, -0.2) is 10.4 Å². The Balaban J connectivity index is 1.45. The molecule has 36 heavy (non-hydrogen) atoms. The summed E-state index contributed by atoms with van der Waals surface area (Å²) in [6, 6.07) is 25.4. The maximum Gasteiger partial charge on any atom is 0.270 e. The summed E-state index contributed by atoms with van der Waals surface area (Å²) in [5, 5.41) is 16.3. The Labute approximate surface area is 207 Å². The van der Waals surface area contributed by atoms with Gasteiger partial charge in [-0.2, -0.15) is 10.4 Å². The van der Waals surface area contributed by atoms with Gasteiger partial charge in [-0.15, -0.1) is 0 Å². The average molecular weight is 479 g/mol. The summed E-state index contributed by atoms with van der Waals surface area (Å²) in [6.07, 6.45) is 1.48. The number of para-hydroxylation sites is 1. The quantitative estimate of drug-likeness (QED) is 0.258. The highest BCUT2D eigenvalue weighted by Crippen LogP contribution is 2.20. The van der Waals surface area contributed by atoms with Crippen LogP contribution in [-0.2, 0) is 4.79 Å². The Morgan fingerprint density at radius 2 is 1.81 bits per heavy atom. The number of amides is 1. The topological polar surface area (TPSA) is 132 Å². The second kappa shape index (κ2) is 11.3. The van der Waals surface area contributed by atoms with E-state index in [9.17, 15) is 14.9 Å². The van der Waals surface area contributed by atoms with Gasteiger partial charge in [0.2, 0.25) is 5.95 Å². The number of ether oxygens (including phenoxy) is 1. The van der Waals surface area contributed by atoms with E-state index in [4.69, 9.17) is 4.74 Å². The minimum Gasteiger partial charge on any atom is -0.483 e. The number of hydrogen-bond acceptors (Lipinski definition) is 7. The van der Waals surface area contributed by atoms with E-state index in [0.717, 1.165) is 5.56 Å². The Hall–Kier alpha value is -5.23. The Kier molecular flexibility index (Phi) is 7.48. The standard InChI is InChI=1S/C27H22N6O3/c1-18-11-13-21(14-12-18)30-24(34)17-36-23-10-6-5-9-20(23)16-29-33-27-31-25(19-7-3-2-4-8-19)22(15-28)26(35)32-27/h2-14,16H,17H2,1H3,(H,30,34)(H2,31,32,33,35). The summed E-state index contributed by atoms with van der Waals surface area (Å²) in [4.78, 5) is 31.5. The first-order valence-corrected chi connectivity index (χ1v) is 11.0. The van der Waals surface area contributed by atoms with Crippen molar-refractivity contribution < 1.29 is 9.53 Å². The van der Waals surface area contributed by atoms with Crippen molar-refractivity contribution in [1.82, 2.24) is 9.97 Å². The van der Waals surface area contributed by atoms with Crippen molar-refractivity contribution in [2.75, 3.05) is 17.3 Å². The molecular formula is C27H22N6O3. The number of rotatable bonds is 8. The molecule has 178 valence electrons. The van der Waals surface area contributed by atoms with Gasteiger partial charge >= 0.3 is 0 Å². The lowest BCUT2D eigenvalue weighted by molar-refractivity contribution is -0.118. The van der Waals surface area contributed by atoms with Gasteiger partial charge in [-0.3, -0.25) is 14.6 Å². The summed E-state index contributed by atoms with van der Waals surface area (Å²) < 4.78 is 5.68. The summed E-state index contributed by atoms with van der Waals surface area (Å²) in [5.41, 5.74) is 5.30. The predicted octanol–water partition coefficient (Wildman–Crippen LogP) is 4.08. The number of aromatic nitrogens is 2. The van der Waals surface area contributed by atoms with Crippen LogP contribution >= 0.6 is 0 Å². The van der Waals surface area contributed by atoms with Crippen LogP contribution in [0.25, 0.3) is 11.3 Å². The molecule has 9 nitrogen and oxygen atoms in total. The van der Waals surface area contributed by atoms with Crippen molar-refractivity contribution in [2.45, 2.75) is 6.92 Å².